The van der Waals surface area contributed by atoms with Crippen LogP contribution in [0.3, 0.4) is 0 Å². The Morgan fingerprint density at radius 3 is 2.61 bits per heavy atom. The molecule has 1 aliphatic carbocycles. The monoisotopic (exact) mass is 881 g/mol. The number of allylic oxidation sites excluding steroid dienone is 1. The number of hydrogen-bond donors (Lipinski definition) is 3. The molecule has 5 aromatic rings. The number of rotatable bonds is 13. The van der Waals surface area contributed by atoms with Crippen LogP contribution in [0.5, 0.6) is 11.5 Å². The van der Waals surface area contributed by atoms with Crippen LogP contribution in [0.25, 0.3) is 16.6 Å². The van der Waals surface area contributed by atoms with Crippen molar-refractivity contribution >= 4 is 61.2 Å². The molecule has 2 aliphatic heterocycles. The minimum atomic E-state index is -4.56. The number of fused-ring (bicyclic) bond motifs is 1. The number of H-pyrrole nitrogens is 1. The summed E-state index contributed by atoms with van der Waals surface area (Å²) in [4.78, 5) is 37.3. The summed E-state index contributed by atoms with van der Waals surface area (Å²) < 4.78 is 41.3. The Kier molecular flexibility index (Phi) is 12.6. The second-order valence-corrected chi connectivity index (χ2v) is 19.5. The highest BCUT2D eigenvalue weighted by Gasteiger charge is 2.32. The normalized spacial score (nSPS) is 18.8. The van der Waals surface area contributed by atoms with E-state index in [1.807, 2.05) is 18.2 Å². The largest absolute Gasteiger partial charge is 0.455 e. The number of piperazine rings is 1. The van der Waals surface area contributed by atoms with Crippen LogP contribution in [0.4, 0.5) is 17.1 Å². The van der Waals surface area contributed by atoms with Crippen molar-refractivity contribution in [3.63, 3.8) is 0 Å². The van der Waals surface area contributed by atoms with Gasteiger partial charge in [-0.15, -0.1) is 0 Å². The average Bonchev–Trinajstić information content (AvgIpc) is 3.72. The van der Waals surface area contributed by atoms with Gasteiger partial charge in [0.25, 0.3) is 21.6 Å². The number of benzene rings is 3. The summed E-state index contributed by atoms with van der Waals surface area (Å²) in [5, 5.41) is 16.7. The molecule has 16 heteroatoms. The lowest BCUT2D eigenvalue weighted by molar-refractivity contribution is -0.384. The number of sulfonamides is 1. The summed E-state index contributed by atoms with van der Waals surface area (Å²) in [5.41, 5.74) is 5.53. The molecule has 14 nitrogen and oxygen atoms in total. The first-order valence-corrected chi connectivity index (χ1v) is 23.0. The van der Waals surface area contributed by atoms with Crippen molar-refractivity contribution in [1.82, 2.24) is 19.6 Å². The number of aromatic nitrogens is 2. The van der Waals surface area contributed by atoms with Crippen molar-refractivity contribution in [3.8, 4) is 11.5 Å². The standard InChI is InChI=1S/C46H52ClN7O7S/c1-30-28-52(29-34-12-16-46(2,3)25-40(34)32-4-6-35(47)7-5-32)18-19-53(30)36-8-10-39(43(23-36)61-37-22-33-13-17-48-44(33)50-27-37)45(55)51-62(58,59)38-9-11-41(42(24-38)54(56)57)49-26-31-14-20-60-21-15-31/h4-11,13,17,22-24,27,30-31,49H,12,14-16,18-21,25-26,28-29H2,1-3H3,(H,48,50)(H,51,55)/t30-/m1/s1. The Hall–Kier alpha value is -5.48. The van der Waals surface area contributed by atoms with Crippen LogP contribution in [0.1, 0.15) is 68.8 Å². The van der Waals surface area contributed by atoms with Crippen molar-refractivity contribution in [3.05, 3.63) is 117 Å². The van der Waals surface area contributed by atoms with Gasteiger partial charge in [-0.05, 0) is 110 Å². The molecule has 0 saturated carbocycles. The van der Waals surface area contributed by atoms with Crippen LogP contribution in [-0.4, -0.2) is 86.1 Å². The van der Waals surface area contributed by atoms with Crippen molar-refractivity contribution in [2.45, 2.75) is 63.8 Å². The predicted octanol–water partition coefficient (Wildman–Crippen LogP) is 9.05. The molecule has 8 rings (SSSR count). The molecule has 3 N–H and O–H groups in total. The molecule has 326 valence electrons. The SMILES string of the molecule is C[C@@H]1CN(CC2=C(c3ccc(Cl)cc3)CC(C)(C)CC2)CCN1c1ccc(C(=O)NS(=O)(=O)c2ccc(NCC3CCOCC3)c([N+](=O)[O-])c2)c(Oc2cnc3[nH]ccc3c2)c1. The summed E-state index contributed by atoms with van der Waals surface area (Å²) >= 11 is 6.25. The van der Waals surface area contributed by atoms with Gasteiger partial charge in [-0.1, -0.05) is 43.2 Å². The molecule has 1 atom stereocenters. The van der Waals surface area contributed by atoms with Crippen molar-refractivity contribution in [2.24, 2.45) is 11.3 Å². The summed E-state index contributed by atoms with van der Waals surface area (Å²) in [7, 11) is -4.56. The van der Waals surface area contributed by atoms with Crippen molar-refractivity contribution in [1.29, 1.82) is 0 Å². The van der Waals surface area contributed by atoms with Crippen LogP contribution >= 0.6 is 11.6 Å². The maximum atomic E-state index is 14.0. The van der Waals surface area contributed by atoms with E-state index in [-0.39, 0.29) is 34.4 Å². The van der Waals surface area contributed by atoms with Gasteiger partial charge >= 0.3 is 0 Å². The fourth-order valence-corrected chi connectivity index (χ4v) is 9.89. The van der Waals surface area contributed by atoms with E-state index in [9.17, 15) is 23.3 Å². The first kappa shape index (κ1) is 43.2. The number of carbonyl (C=O) groups excluding carboxylic acids is 1. The first-order chi connectivity index (χ1) is 29.7. The number of amides is 1. The van der Waals surface area contributed by atoms with Crippen molar-refractivity contribution in [2.75, 3.05) is 56.2 Å². The molecule has 2 fully saturated rings. The number of nitro groups is 1. The Labute approximate surface area is 366 Å². The van der Waals surface area contributed by atoms with Gasteiger partial charge in [0, 0.05) is 86.4 Å². The zero-order valence-corrected chi connectivity index (χ0v) is 36.7. The maximum Gasteiger partial charge on any atom is 0.293 e. The predicted molar refractivity (Wildman–Crippen MR) is 242 cm³/mol. The molecule has 2 aromatic heterocycles. The fraction of sp³-hybridized carbons (Fsp3) is 0.391. The molecular weight excluding hydrogens is 830 g/mol. The van der Waals surface area contributed by atoms with E-state index >= 15 is 0 Å². The number of halogens is 1. The summed E-state index contributed by atoms with van der Waals surface area (Å²) in [6.07, 6.45) is 8.12. The van der Waals surface area contributed by atoms with Crippen molar-refractivity contribution < 1.29 is 27.6 Å². The van der Waals surface area contributed by atoms with Crippen LogP contribution < -0.4 is 19.7 Å². The average molecular weight is 882 g/mol. The smallest absolute Gasteiger partial charge is 0.293 e. The van der Waals surface area contributed by atoms with Gasteiger partial charge in [0.05, 0.1) is 21.6 Å². The summed E-state index contributed by atoms with van der Waals surface area (Å²) in [6.45, 7) is 11.8. The Morgan fingerprint density at radius 1 is 1.06 bits per heavy atom. The second-order valence-electron chi connectivity index (χ2n) is 17.4. The van der Waals surface area contributed by atoms with Gasteiger partial charge in [0.2, 0.25) is 0 Å². The molecule has 0 radical (unpaired) electrons. The second kappa shape index (κ2) is 18.1. The molecular formula is C46H52ClN7O7S. The first-order valence-electron chi connectivity index (χ1n) is 21.1. The maximum absolute atomic E-state index is 14.0. The summed E-state index contributed by atoms with van der Waals surface area (Å²) in [6, 6.07) is 20.6. The van der Waals surface area contributed by atoms with E-state index in [1.165, 1.54) is 35.0 Å². The van der Waals surface area contributed by atoms with E-state index in [2.05, 4.69) is 62.7 Å². The highest BCUT2D eigenvalue weighted by Crippen LogP contribution is 2.44. The molecule has 3 aliphatic rings. The van der Waals surface area contributed by atoms with Crippen LogP contribution in [0.2, 0.25) is 5.02 Å². The van der Waals surface area contributed by atoms with Crippen LogP contribution in [0, 0.1) is 21.4 Å². The molecule has 4 heterocycles. The van der Waals surface area contributed by atoms with Gasteiger partial charge < -0.3 is 24.7 Å². The van der Waals surface area contributed by atoms with E-state index in [0.29, 0.717) is 37.7 Å². The van der Waals surface area contributed by atoms with Gasteiger partial charge in [0.15, 0.2) is 0 Å². The number of anilines is 2. The number of aromatic amines is 1. The molecule has 3 aromatic carbocycles. The topological polar surface area (TPSA) is 172 Å². The summed E-state index contributed by atoms with van der Waals surface area (Å²) in [5.74, 6) is -0.203. The molecule has 62 heavy (non-hydrogen) atoms. The highest BCUT2D eigenvalue weighted by molar-refractivity contribution is 7.90. The third-order valence-electron chi connectivity index (χ3n) is 12.3. The molecule has 0 spiro atoms. The molecule has 0 unspecified atom stereocenters. The van der Waals surface area contributed by atoms with E-state index in [0.717, 1.165) is 73.9 Å². The number of nitrogens with one attached hydrogen (secondary N) is 3. The number of hydrogen-bond acceptors (Lipinski definition) is 11. The molecule has 2 saturated heterocycles. The van der Waals surface area contributed by atoms with E-state index in [1.54, 1.807) is 30.5 Å². The van der Waals surface area contributed by atoms with Gasteiger partial charge in [0.1, 0.15) is 22.8 Å². The fourth-order valence-electron chi connectivity index (χ4n) is 8.78. The third kappa shape index (κ3) is 9.91. The quantitative estimate of drug-likeness (QED) is 0.0761. The molecule has 0 bridgehead atoms. The minimum Gasteiger partial charge on any atom is -0.455 e. The van der Waals surface area contributed by atoms with Gasteiger partial charge in [-0.3, -0.25) is 19.8 Å². The van der Waals surface area contributed by atoms with Gasteiger partial charge in [-0.2, -0.15) is 0 Å². The number of pyridine rings is 1. The number of nitro benzene ring substituents is 1. The van der Waals surface area contributed by atoms with E-state index < -0.39 is 31.4 Å². The zero-order chi connectivity index (χ0) is 43.6. The number of carbonyl (C=O) groups is 1. The lowest BCUT2D eigenvalue weighted by atomic mass is 9.72. The Morgan fingerprint density at radius 2 is 1.85 bits per heavy atom. The minimum absolute atomic E-state index is 0.0380. The lowest BCUT2D eigenvalue weighted by Crippen LogP contribution is -2.52. The lowest BCUT2D eigenvalue weighted by Gasteiger charge is -2.43. The van der Waals surface area contributed by atoms with Gasteiger partial charge in [-0.25, -0.2) is 18.1 Å². The van der Waals surface area contributed by atoms with E-state index in [4.69, 9.17) is 21.1 Å². The Balaban J connectivity index is 1.02. The van der Waals surface area contributed by atoms with Crippen LogP contribution in [0.15, 0.2) is 95.7 Å². The number of nitrogens with zero attached hydrogens (tertiary/aromatic N) is 4. The molecule has 1 amide bonds. The number of ether oxygens (including phenoxy) is 2. The zero-order valence-electron chi connectivity index (χ0n) is 35.2. The highest BCUT2D eigenvalue weighted by atomic mass is 35.5. The van der Waals surface area contributed by atoms with Crippen LogP contribution in [-0.2, 0) is 14.8 Å². The third-order valence-corrected chi connectivity index (χ3v) is 13.9. The Bertz CT molecular complexity index is 2610.